The number of hydrogen-bond acceptors (Lipinski definition) is 2. The third-order valence-electron chi connectivity index (χ3n) is 4.06. The minimum absolute atomic E-state index is 0.132. The lowest BCUT2D eigenvalue weighted by atomic mass is 9.95. The average molecular weight is 260 g/mol. The highest BCUT2D eigenvalue weighted by atomic mass is 19.1. The molecule has 2 nitrogen and oxygen atoms in total. The van der Waals surface area contributed by atoms with Crippen LogP contribution in [0.3, 0.4) is 0 Å². The Morgan fingerprint density at radius 1 is 1.21 bits per heavy atom. The zero-order valence-corrected chi connectivity index (χ0v) is 11.5. The molecule has 0 N–H and O–H groups in total. The van der Waals surface area contributed by atoms with Crippen LogP contribution in [0.2, 0.25) is 0 Å². The van der Waals surface area contributed by atoms with E-state index >= 15 is 0 Å². The van der Waals surface area contributed by atoms with Crippen LogP contribution in [-0.4, -0.2) is 18.0 Å². The predicted molar refractivity (Wildman–Crippen MR) is 73.8 cm³/mol. The Bertz CT molecular complexity index is 435. The van der Waals surface area contributed by atoms with Crippen LogP contribution < -0.4 is 0 Å². The molecule has 0 radical (unpaired) electrons. The van der Waals surface area contributed by atoms with Crippen molar-refractivity contribution in [3.8, 4) is 6.07 Å². The quantitative estimate of drug-likeness (QED) is 0.774. The summed E-state index contributed by atoms with van der Waals surface area (Å²) in [5.41, 5.74) is 1.10. The Labute approximate surface area is 114 Å². The monoisotopic (exact) mass is 260 g/mol. The zero-order chi connectivity index (χ0) is 13.7. The first-order valence-electron chi connectivity index (χ1n) is 7.05. The Morgan fingerprint density at radius 2 is 1.89 bits per heavy atom. The summed E-state index contributed by atoms with van der Waals surface area (Å²) in [5.74, 6) is -0.0660. The maximum Gasteiger partial charge on any atom is 0.123 e. The van der Waals surface area contributed by atoms with Crippen molar-refractivity contribution in [1.29, 1.82) is 5.26 Å². The molecule has 0 spiro atoms. The summed E-state index contributed by atoms with van der Waals surface area (Å²) in [6.07, 6.45) is 5.71. The van der Waals surface area contributed by atoms with Gasteiger partial charge in [0.2, 0.25) is 0 Å². The van der Waals surface area contributed by atoms with E-state index in [1.54, 1.807) is 0 Å². The van der Waals surface area contributed by atoms with Crippen molar-refractivity contribution in [1.82, 2.24) is 4.90 Å². The summed E-state index contributed by atoms with van der Waals surface area (Å²) >= 11 is 0. The smallest absolute Gasteiger partial charge is 0.123 e. The van der Waals surface area contributed by atoms with E-state index < -0.39 is 0 Å². The molecule has 0 aliphatic heterocycles. The van der Waals surface area contributed by atoms with Crippen LogP contribution >= 0.6 is 0 Å². The topological polar surface area (TPSA) is 27.0 Å². The predicted octanol–water partition coefficient (Wildman–Crippen LogP) is 3.73. The molecule has 1 fully saturated rings. The molecule has 0 saturated heterocycles. The van der Waals surface area contributed by atoms with Crippen LogP contribution in [0.15, 0.2) is 24.3 Å². The van der Waals surface area contributed by atoms with Gasteiger partial charge in [0.15, 0.2) is 0 Å². The van der Waals surface area contributed by atoms with Gasteiger partial charge >= 0.3 is 0 Å². The molecule has 1 saturated carbocycles. The molecule has 1 aliphatic carbocycles. The number of benzene rings is 1. The fourth-order valence-electron chi connectivity index (χ4n) is 2.96. The molecule has 2 atom stereocenters. The van der Waals surface area contributed by atoms with Crippen LogP contribution in [0.5, 0.6) is 0 Å². The molecule has 1 aromatic carbocycles. The van der Waals surface area contributed by atoms with Gasteiger partial charge in [-0.05, 0) is 37.6 Å². The number of hydrogen-bond donors (Lipinski definition) is 0. The highest BCUT2D eigenvalue weighted by molar-refractivity contribution is 5.16. The Kier molecular flexibility index (Phi) is 4.93. The Morgan fingerprint density at radius 3 is 2.58 bits per heavy atom. The standard InChI is InChI=1S/C16H21FN2/c1-19(12-13-7-9-15(17)10-8-13)16-6-4-2-3-5-14(16)11-18/h7-10,14,16H,2-6,12H2,1H3. The van der Waals surface area contributed by atoms with Gasteiger partial charge in [0.1, 0.15) is 5.82 Å². The second-order valence-corrected chi connectivity index (χ2v) is 5.48. The van der Waals surface area contributed by atoms with Crippen molar-refractivity contribution in [3.05, 3.63) is 35.6 Å². The lowest BCUT2D eigenvalue weighted by Crippen LogP contribution is -2.36. The Hall–Kier alpha value is -1.40. The fourth-order valence-corrected chi connectivity index (χ4v) is 2.96. The molecule has 102 valence electrons. The van der Waals surface area contributed by atoms with Gasteiger partial charge in [-0.25, -0.2) is 4.39 Å². The third-order valence-corrected chi connectivity index (χ3v) is 4.06. The van der Waals surface area contributed by atoms with Crippen molar-refractivity contribution in [2.45, 2.75) is 44.7 Å². The molecule has 0 aromatic heterocycles. The van der Waals surface area contributed by atoms with Crippen LogP contribution in [0.4, 0.5) is 4.39 Å². The Balaban J connectivity index is 2.02. The van der Waals surface area contributed by atoms with E-state index in [1.165, 1.54) is 31.4 Å². The van der Waals surface area contributed by atoms with Crippen LogP contribution in [0.1, 0.15) is 37.7 Å². The van der Waals surface area contributed by atoms with Gasteiger partial charge in [0.25, 0.3) is 0 Å². The zero-order valence-electron chi connectivity index (χ0n) is 11.5. The normalized spacial score (nSPS) is 23.9. The van der Waals surface area contributed by atoms with Gasteiger partial charge in [-0.15, -0.1) is 0 Å². The van der Waals surface area contributed by atoms with E-state index in [-0.39, 0.29) is 11.7 Å². The lowest BCUT2D eigenvalue weighted by molar-refractivity contribution is 0.183. The summed E-state index contributed by atoms with van der Waals surface area (Å²) in [5, 5.41) is 9.31. The van der Waals surface area contributed by atoms with Gasteiger partial charge in [0.05, 0.1) is 12.0 Å². The highest BCUT2D eigenvalue weighted by Gasteiger charge is 2.26. The molecular formula is C16H21FN2. The second kappa shape index (κ2) is 6.68. The van der Waals surface area contributed by atoms with Crippen molar-refractivity contribution in [2.75, 3.05) is 7.05 Å². The fraction of sp³-hybridized carbons (Fsp3) is 0.562. The molecule has 1 aliphatic rings. The van der Waals surface area contributed by atoms with Gasteiger partial charge in [-0.2, -0.15) is 5.26 Å². The van der Waals surface area contributed by atoms with Gasteiger partial charge in [-0.3, -0.25) is 4.90 Å². The lowest BCUT2D eigenvalue weighted by Gasteiger charge is -2.30. The van der Waals surface area contributed by atoms with E-state index in [9.17, 15) is 9.65 Å². The second-order valence-electron chi connectivity index (χ2n) is 5.48. The summed E-state index contributed by atoms with van der Waals surface area (Å²) in [4.78, 5) is 2.26. The third kappa shape index (κ3) is 3.78. The maximum atomic E-state index is 12.9. The SMILES string of the molecule is CN(Cc1ccc(F)cc1)C1CCCCCC1C#N. The molecule has 19 heavy (non-hydrogen) atoms. The maximum absolute atomic E-state index is 12.9. The first-order chi connectivity index (χ1) is 9.20. The van der Waals surface area contributed by atoms with Gasteiger partial charge < -0.3 is 0 Å². The van der Waals surface area contributed by atoms with Crippen molar-refractivity contribution < 1.29 is 4.39 Å². The summed E-state index contributed by atoms with van der Waals surface area (Å²) in [6.45, 7) is 0.781. The number of rotatable bonds is 3. The molecule has 2 unspecified atom stereocenters. The summed E-state index contributed by atoms with van der Waals surface area (Å²) in [7, 11) is 2.07. The molecular weight excluding hydrogens is 239 g/mol. The van der Waals surface area contributed by atoms with Gasteiger partial charge in [0, 0.05) is 12.6 Å². The minimum atomic E-state index is -0.198. The van der Waals surface area contributed by atoms with Crippen molar-refractivity contribution in [2.24, 2.45) is 5.92 Å². The van der Waals surface area contributed by atoms with E-state index in [4.69, 9.17) is 0 Å². The highest BCUT2D eigenvalue weighted by Crippen LogP contribution is 2.27. The van der Waals surface area contributed by atoms with Crippen molar-refractivity contribution >= 4 is 0 Å². The summed E-state index contributed by atoms with van der Waals surface area (Å²) in [6, 6.07) is 9.44. The number of nitriles is 1. The molecule has 0 bridgehead atoms. The van der Waals surface area contributed by atoms with Crippen molar-refractivity contribution in [3.63, 3.8) is 0 Å². The van der Waals surface area contributed by atoms with E-state index in [1.807, 2.05) is 12.1 Å². The number of halogens is 1. The van der Waals surface area contributed by atoms with E-state index in [0.29, 0.717) is 6.04 Å². The van der Waals surface area contributed by atoms with E-state index in [0.717, 1.165) is 24.9 Å². The molecule has 0 heterocycles. The van der Waals surface area contributed by atoms with E-state index in [2.05, 4.69) is 18.0 Å². The summed E-state index contributed by atoms with van der Waals surface area (Å²) < 4.78 is 12.9. The first-order valence-corrected chi connectivity index (χ1v) is 7.05. The van der Waals surface area contributed by atoms with Crippen LogP contribution in [-0.2, 0) is 6.54 Å². The largest absolute Gasteiger partial charge is 0.298 e. The molecule has 1 aromatic rings. The molecule has 3 heteroatoms. The molecule has 2 rings (SSSR count). The van der Waals surface area contributed by atoms with Crippen LogP contribution in [0.25, 0.3) is 0 Å². The average Bonchev–Trinajstić information content (AvgIpc) is 2.66. The number of nitrogens with zero attached hydrogens (tertiary/aromatic N) is 2. The first kappa shape index (κ1) is 14.0. The van der Waals surface area contributed by atoms with Crippen LogP contribution in [0, 0.1) is 23.1 Å². The van der Waals surface area contributed by atoms with Gasteiger partial charge in [-0.1, -0.05) is 31.4 Å². The minimum Gasteiger partial charge on any atom is -0.298 e. The molecule has 0 amide bonds.